The lowest BCUT2D eigenvalue weighted by atomic mass is 9.98. The van der Waals surface area contributed by atoms with Crippen LogP contribution in [0.1, 0.15) is 19.8 Å². The van der Waals surface area contributed by atoms with E-state index >= 15 is 0 Å². The first-order valence-corrected chi connectivity index (χ1v) is 8.60. The zero-order chi connectivity index (χ0) is 18.2. The van der Waals surface area contributed by atoms with Gasteiger partial charge in [0.25, 0.3) is 0 Å². The summed E-state index contributed by atoms with van der Waals surface area (Å²) in [4.78, 5) is 14.0. The number of carbonyl (C=O) groups excluding carboxylic acids is 1. The summed E-state index contributed by atoms with van der Waals surface area (Å²) in [5, 5.41) is 3.16. The molecule has 1 aliphatic heterocycles. The molecular weight excluding hydrogens is 353 g/mol. The Morgan fingerprint density at radius 2 is 2.16 bits per heavy atom. The first-order valence-electron chi connectivity index (χ1n) is 8.19. The van der Waals surface area contributed by atoms with Crippen molar-refractivity contribution >= 4 is 23.3 Å². The molecule has 3 aliphatic rings. The zero-order valence-electron chi connectivity index (χ0n) is 13.6. The third-order valence-electron chi connectivity index (χ3n) is 4.69. The van der Waals surface area contributed by atoms with Gasteiger partial charge in [-0.25, -0.2) is 4.79 Å². The van der Waals surface area contributed by atoms with Crippen molar-refractivity contribution in [2.45, 2.75) is 38.0 Å². The van der Waals surface area contributed by atoms with Crippen molar-refractivity contribution in [1.29, 1.82) is 0 Å². The van der Waals surface area contributed by atoms with Crippen LogP contribution in [-0.2, 0) is 9.53 Å². The number of nitrogens with one attached hydrogen (secondary N) is 1. The lowest BCUT2D eigenvalue weighted by Crippen LogP contribution is -2.52. The summed E-state index contributed by atoms with van der Waals surface area (Å²) in [6, 6.07) is -0.550. The monoisotopic (exact) mass is 372 g/mol. The number of ether oxygens (including phenoxy) is 1. The fraction of sp³-hybridized carbons (Fsp3) is 0.529. The minimum atomic E-state index is -4.29. The number of hydrogen-bond acceptors (Lipinski definition) is 3. The molecule has 4 atom stereocenters. The molecule has 8 heteroatoms. The first kappa shape index (κ1) is 18.0. The predicted octanol–water partition coefficient (Wildman–Crippen LogP) is 3.08. The number of rotatable bonds is 3. The molecule has 1 N–H and O–H groups in total. The maximum absolute atomic E-state index is 12.9. The van der Waals surface area contributed by atoms with Gasteiger partial charge in [-0.3, -0.25) is 0 Å². The number of carbonyl (C=O) groups is 1. The standard InChI is InChI=1S/C17H19F3N2O2S/c1-2-24-15(23)14-10-6-7-13(8-10)22(14)16(25)21-12-5-3-4-11(9-12)17(18,19)20/h3-7,10-11,13-14H,2,8-9H2,1H3,(H,21,25). The van der Waals surface area contributed by atoms with Crippen LogP contribution in [0.2, 0.25) is 0 Å². The Hall–Kier alpha value is -1.83. The van der Waals surface area contributed by atoms with E-state index in [2.05, 4.69) is 5.32 Å². The Morgan fingerprint density at radius 3 is 2.84 bits per heavy atom. The van der Waals surface area contributed by atoms with Crippen LogP contribution in [0, 0.1) is 11.8 Å². The second-order valence-corrected chi connectivity index (χ2v) is 6.70. The van der Waals surface area contributed by atoms with Gasteiger partial charge in [0.2, 0.25) is 0 Å². The number of allylic oxidation sites excluding steroid dienone is 4. The topological polar surface area (TPSA) is 41.6 Å². The summed E-state index contributed by atoms with van der Waals surface area (Å²) in [6.45, 7) is 2.01. The second-order valence-electron chi connectivity index (χ2n) is 6.32. The van der Waals surface area contributed by atoms with Gasteiger partial charge < -0.3 is 15.0 Å². The van der Waals surface area contributed by atoms with Crippen molar-refractivity contribution in [2.24, 2.45) is 11.8 Å². The number of halogens is 3. The second kappa shape index (κ2) is 6.82. The van der Waals surface area contributed by atoms with Gasteiger partial charge in [-0.15, -0.1) is 0 Å². The van der Waals surface area contributed by atoms with Gasteiger partial charge in [0, 0.05) is 18.0 Å². The Morgan fingerprint density at radius 1 is 1.40 bits per heavy atom. The molecule has 2 aliphatic carbocycles. The van der Waals surface area contributed by atoms with E-state index in [0.717, 1.165) is 12.5 Å². The largest absolute Gasteiger partial charge is 0.464 e. The molecule has 0 spiro atoms. The molecule has 1 heterocycles. The summed E-state index contributed by atoms with van der Waals surface area (Å²) in [5.41, 5.74) is 0.393. The normalized spacial score (nSPS) is 30.4. The van der Waals surface area contributed by atoms with Crippen LogP contribution >= 0.6 is 12.2 Å². The first-order chi connectivity index (χ1) is 11.8. The fourth-order valence-electron chi connectivity index (χ4n) is 3.55. The summed E-state index contributed by atoms with van der Waals surface area (Å²) in [5.74, 6) is -1.86. The van der Waals surface area contributed by atoms with Crippen molar-refractivity contribution < 1.29 is 22.7 Å². The highest BCUT2D eigenvalue weighted by Crippen LogP contribution is 2.38. The Balaban J connectivity index is 1.70. The number of alkyl halides is 3. The molecule has 4 unspecified atom stereocenters. The highest BCUT2D eigenvalue weighted by Gasteiger charge is 2.48. The van der Waals surface area contributed by atoms with E-state index in [1.165, 1.54) is 6.08 Å². The van der Waals surface area contributed by atoms with Crippen LogP contribution in [0.15, 0.2) is 36.1 Å². The number of nitrogens with zero attached hydrogens (tertiary/aromatic N) is 1. The van der Waals surface area contributed by atoms with Crippen molar-refractivity contribution in [3.63, 3.8) is 0 Å². The van der Waals surface area contributed by atoms with E-state index in [0.29, 0.717) is 5.70 Å². The van der Waals surface area contributed by atoms with Crippen LogP contribution in [-0.4, -0.2) is 40.8 Å². The molecule has 4 nitrogen and oxygen atoms in total. The molecule has 1 saturated heterocycles. The van der Waals surface area contributed by atoms with Gasteiger partial charge in [0.1, 0.15) is 6.04 Å². The van der Waals surface area contributed by atoms with Crippen LogP contribution in [0.5, 0.6) is 0 Å². The maximum Gasteiger partial charge on any atom is 0.395 e. The Labute approximate surface area is 149 Å². The maximum atomic E-state index is 12.9. The minimum absolute atomic E-state index is 0.0203. The number of thiocarbonyl (C=S) groups is 1. The third-order valence-corrected chi connectivity index (χ3v) is 5.00. The Kier molecular flexibility index (Phi) is 4.90. The SMILES string of the molecule is CCOC(=O)C1C2C=CC(C2)N1C(=S)NC1=CC=CC(C(F)(F)F)C1. The number of likely N-dealkylation sites (tertiary alicyclic amines) is 1. The van der Waals surface area contributed by atoms with E-state index in [-0.39, 0.29) is 36.1 Å². The smallest absolute Gasteiger partial charge is 0.395 e. The van der Waals surface area contributed by atoms with Crippen LogP contribution in [0.25, 0.3) is 0 Å². The highest BCUT2D eigenvalue weighted by atomic mass is 32.1. The van der Waals surface area contributed by atoms with Crippen LogP contribution < -0.4 is 5.32 Å². The lowest BCUT2D eigenvalue weighted by molar-refractivity contribution is -0.161. The molecule has 1 fully saturated rings. The summed E-state index contributed by atoms with van der Waals surface area (Å²) >= 11 is 5.40. The fourth-order valence-corrected chi connectivity index (χ4v) is 3.93. The summed E-state index contributed by atoms with van der Waals surface area (Å²) < 4.78 is 43.9. The van der Waals surface area contributed by atoms with Crippen LogP contribution in [0.4, 0.5) is 13.2 Å². The zero-order valence-corrected chi connectivity index (χ0v) is 14.4. The van der Waals surface area contributed by atoms with Crippen LogP contribution in [0.3, 0.4) is 0 Å². The van der Waals surface area contributed by atoms with Crippen molar-refractivity contribution in [3.05, 3.63) is 36.1 Å². The molecule has 136 valence electrons. The number of hydrogen-bond donors (Lipinski definition) is 1. The molecule has 0 aromatic heterocycles. The van der Waals surface area contributed by atoms with Gasteiger partial charge in [-0.1, -0.05) is 24.3 Å². The van der Waals surface area contributed by atoms with E-state index in [1.807, 2.05) is 12.2 Å². The van der Waals surface area contributed by atoms with Gasteiger partial charge in [0.15, 0.2) is 5.11 Å². The van der Waals surface area contributed by atoms with Gasteiger partial charge >= 0.3 is 12.1 Å². The minimum Gasteiger partial charge on any atom is -0.464 e. The van der Waals surface area contributed by atoms with Crippen molar-refractivity contribution in [2.75, 3.05) is 6.61 Å². The molecule has 0 radical (unpaired) electrons. The van der Waals surface area contributed by atoms with Gasteiger partial charge in [-0.2, -0.15) is 13.2 Å². The molecule has 0 aromatic rings. The van der Waals surface area contributed by atoms with E-state index in [9.17, 15) is 18.0 Å². The molecule has 0 aromatic carbocycles. The summed E-state index contributed by atoms with van der Waals surface area (Å²) in [6.07, 6.45) is 4.33. The van der Waals surface area contributed by atoms with E-state index in [1.54, 1.807) is 17.9 Å². The van der Waals surface area contributed by atoms with Gasteiger partial charge in [0.05, 0.1) is 18.6 Å². The average molecular weight is 372 g/mol. The molecule has 0 saturated carbocycles. The van der Waals surface area contributed by atoms with E-state index < -0.39 is 18.1 Å². The molecule has 3 rings (SSSR count). The average Bonchev–Trinajstić information content (AvgIpc) is 3.15. The van der Waals surface area contributed by atoms with E-state index in [4.69, 9.17) is 17.0 Å². The number of fused-ring (bicyclic) bond motifs is 2. The summed E-state index contributed by atoms with van der Waals surface area (Å²) in [7, 11) is 0. The highest BCUT2D eigenvalue weighted by molar-refractivity contribution is 7.80. The van der Waals surface area contributed by atoms with Gasteiger partial charge in [-0.05, 0) is 31.6 Å². The molecule has 2 bridgehead atoms. The van der Waals surface area contributed by atoms with Crippen molar-refractivity contribution in [3.8, 4) is 0 Å². The molecule has 25 heavy (non-hydrogen) atoms. The number of esters is 1. The van der Waals surface area contributed by atoms with Crippen molar-refractivity contribution in [1.82, 2.24) is 10.2 Å². The quantitative estimate of drug-likeness (QED) is 0.469. The third kappa shape index (κ3) is 3.58. The predicted molar refractivity (Wildman–Crippen MR) is 90.4 cm³/mol. The Bertz CT molecular complexity index is 657. The molecule has 0 amide bonds. The lowest BCUT2D eigenvalue weighted by Gasteiger charge is -2.34. The molecular formula is C17H19F3N2O2S.